The van der Waals surface area contributed by atoms with E-state index in [0.717, 1.165) is 41.2 Å². The molecule has 3 aromatic rings. The maximum Gasteiger partial charge on any atom is 0.196 e. The summed E-state index contributed by atoms with van der Waals surface area (Å²) in [5, 5.41) is 9.51. The van der Waals surface area contributed by atoms with Crippen LogP contribution in [0, 0.1) is 20.8 Å². The number of aromatic nitrogens is 4. The Labute approximate surface area is 180 Å². The molecular formula is C21H25ClN4O2S. The summed E-state index contributed by atoms with van der Waals surface area (Å²) in [6.07, 6.45) is 2.55. The van der Waals surface area contributed by atoms with Gasteiger partial charge in [-0.05, 0) is 51.0 Å². The van der Waals surface area contributed by atoms with Crippen LogP contribution in [0.4, 0.5) is 0 Å². The molecular weight excluding hydrogens is 408 g/mol. The van der Waals surface area contributed by atoms with Gasteiger partial charge in [0.1, 0.15) is 6.33 Å². The van der Waals surface area contributed by atoms with Gasteiger partial charge in [-0.25, -0.2) is 0 Å². The summed E-state index contributed by atoms with van der Waals surface area (Å²) in [4.78, 5) is 12.9. The highest BCUT2D eigenvalue weighted by molar-refractivity contribution is 7.99. The van der Waals surface area contributed by atoms with Gasteiger partial charge in [-0.15, -0.1) is 10.2 Å². The van der Waals surface area contributed by atoms with Crippen LogP contribution in [0.1, 0.15) is 33.7 Å². The minimum atomic E-state index is 0.0811. The Morgan fingerprint density at radius 3 is 2.76 bits per heavy atom. The first kappa shape index (κ1) is 21.6. The zero-order valence-corrected chi connectivity index (χ0v) is 18.7. The molecule has 2 aromatic heterocycles. The molecule has 1 aromatic carbocycles. The second-order valence-electron chi connectivity index (χ2n) is 6.91. The molecule has 0 atom stereocenters. The van der Waals surface area contributed by atoms with E-state index in [9.17, 15) is 4.79 Å². The Balaban J connectivity index is 1.71. The van der Waals surface area contributed by atoms with Crippen molar-refractivity contribution < 1.29 is 9.53 Å². The molecule has 0 aliphatic rings. The molecule has 6 nitrogen and oxygen atoms in total. The Morgan fingerprint density at radius 2 is 2.03 bits per heavy atom. The molecule has 0 N–H and O–H groups in total. The van der Waals surface area contributed by atoms with Gasteiger partial charge in [0, 0.05) is 42.2 Å². The van der Waals surface area contributed by atoms with Crippen molar-refractivity contribution in [3.63, 3.8) is 0 Å². The number of ether oxygens (including phenoxy) is 1. The van der Waals surface area contributed by atoms with Crippen LogP contribution in [0.2, 0.25) is 5.02 Å². The van der Waals surface area contributed by atoms with Gasteiger partial charge in [0.15, 0.2) is 10.9 Å². The molecule has 0 bridgehead atoms. The average Bonchev–Trinajstić information content (AvgIpc) is 3.28. The molecule has 0 fully saturated rings. The van der Waals surface area contributed by atoms with E-state index in [4.69, 9.17) is 16.3 Å². The lowest BCUT2D eigenvalue weighted by Crippen LogP contribution is -2.08. The molecule has 0 saturated heterocycles. The molecule has 0 radical (unpaired) electrons. The number of nitrogens with zero attached hydrogens (tertiary/aromatic N) is 4. The zero-order chi connectivity index (χ0) is 21.0. The van der Waals surface area contributed by atoms with Crippen LogP contribution >= 0.6 is 23.4 Å². The van der Waals surface area contributed by atoms with Crippen LogP contribution in [0.25, 0.3) is 5.69 Å². The second-order valence-corrected chi connectivity index (χ2v) is 8.26. The minimum Gasteiger partial charge on any atom is -0.385 e. The van der Waals surface area contributed by atoms with Crippen LogP contribution in [-0.2, 0) is 11.3 Å². The quantitative estimate of drug-likeness (QED) is 0.279. The third-order valence-electron chi connectivity index (χ3n) is 4.89. The van der Waals surface area contributed by atoms with E-state index in [1.807, 2.05) is 49.6 Å². The first-order chi connectivity index (χ1) is 13.9. The molecule has 8 heteroatoms. The summed E-state index contributed by atoms with van der Waals surface area (Å²) < 4.78 is 9.15. The minimum absolute atomic E-state index is 0.0811. The van der Waals surface area contributed by atoms with Gasteiger partial charge in [-0.2, -0.15) is 0 Å². The number of halogens is 1. The van der Waals surface area contributed by atoms with Gasteiger partial charge in [-0.1, -0.05) is 29.4 Å². The van der Waals surface area contributed by atoms with Gasteiger partial charge >= 0.3 is 0 Å². The lowest BCUT2D eigenvalue weighted by molar-refractivity contribution is 0.102. The number of rotatable bonds is 9. The molecule has 2 heterocycles. The second kappa shape index (κ2) is 9.61. The van der Waals surface area contributed by atoms with Crippen molar-refractivity contribution >= 4 is 29.1 Å². The average molecular weight is 433 g/mol. The predicted octanol–water partition coefficient (Wildman–Crippen LogP) is 4.66. The number of carbonyl (C=O) groups is 1. The summed E-state index contributed by atoms with van der Waals surface area (Å²) in [5.41, 5.74) is 4.72. The van der Waals surface area contributed by atoms with Crippen LogP contribution in [0.15, 0.2) is 35.7 Å². The number of thioether (sulfide) groups is 1. The van der Waals surface area contributed by atoms with E-state index in [1.165, 1.54) is 11.8 Å². The topological polar surface area (TPSA) is 61.9 Å². The number of hydrogen-bond donors (Lipinski definition) is 0. The van der Waals surface area contributed by atoms with Crippen LogP contribution in [0.5, 0.6) is 0 Å². The number of methoxy groups -OCH3 is 1. The fourth-order valence-electron chi connectivity index (χ4n) is 3.23. The van der Waals surface area contributed by atoms with Gasteiger partial charge in [0.2, 0.25) is 0 Å². The Hall–Kier alpha value is -2.09. The van der Waals surface area contributed by atoms with Crippen LogP contribution in [-0.4, -0.2) is 44.6 Å². The maximum atomic E-state index is 12.9. The SMILES string of the molecule is COCCCn1c(C)cc(C(=O)CSc2nncn2-c2ccc(C)c(Cl)c2)c1C. The monoisotopic (exact) mass is 432 g/mol. The third-order valence-corrected chi connectivity index (χ3v) is 6.24. The molecule has 0 aliphatic carbocycles. The normalized spacial score (nSPS) is 11.2. The van der Waals surface area contributed by atoms with E-state index >= 15 is 0 Å². The predicted molar refractivity (Wildman–Crippen MR) is 117 cm³/mol. The summed E-state index contributed by atoms with van der Waals surface area (Å²) >= 11 is 7.62. The molecule has 0 aliphatic heterocycles. The molecule has 0 unspecified atom stereocenters. The maximum absolute atomic E-state index is 12.9. The number of ketones is 1. The van der Waals surface area contributed by atoms with Crippen molar-refractivity contribution in [3.05, 3.63) is 58.1 Å². The van der Waals surface area contributed by atoms with Gasteiger partial charge in [0.25, 0.3) is 0 Å². The fourth-order valence-corrected chi connectivity index (χ4v) is 4.22. The van der Waals surface area contributed by atoms with Gasteiger partial charge < -0.3 is 9.30 Å². The van der Waals surface area contributed by atoms with E-state index in [-0.39, 0.29) is 5.78 Å². The molecule has 0 saturated carbocycles. The highest BCUT2D eigenvalue weighted by Crippen LogP contribution is 2.25. The van der Waals surface area contributed by atoms with Crippen molar-refractivity contribution in [1.29, 1.82) is 0 Å². The van der Waals surface area contributed by atoms with Gasteiger partial charge in [-0.3, -0.25) is 9.36 Å². The van der Waals surface area contributed by atoms with Crippen molar-refractivity contribution in [2.24, 2.45) is 0 Å². The van der Waals surface area contributed by atoms with Crippen molar-refractivity contribution in [1.82, 2.24) is 19.3 Å². The summed E-state index contributed by atoms with van der Waals surface area (Å²) in [7, 11) is 1.70. The number of carbonyl (C=O) groups excluding carboxylic acids is 1. The zero-order valence-electron chi connectivity index (χ0n) is 17.1. The van der Waals surface area contributed by atoms with E-state index < -0.39 is 0 Å². The van der Waals surface area contributed by atoms with Crippen LogP contribution < -0.4 is 0 Å². The summed E-state index contributed by atoms with van der Waals surface area (Å²) in [6.45, 7) is 7.53. The Morgan fingerprint density at radius 1 is 1.24 bits per heavy atom. The molecule has 154 valence electrons. The van der Waals surface area contributed by atoms with Crippen molar-refractivity contribution in [2.45, 2.75) is 38.9 Å². The largest absolute Gasteiger partial charge is 0.385 e. The van der Waals surface area contributed by atoms with Gasteiger partial charge in [0.05, 0.1) is 11.4 Å². The Bertz CT molecular complexity index is 1010. The van der Waals surface area contributed by atoms with E-state index in [1.54, 1.807) is 13.4 Å². The Kier molecular flexibility index (Phi) is 7.16. The first-order valence-electron chi connectivity index (χ1n) is 9.40. The van der Waals surface area contributed by atoms with E-state index in [0.29, 0.717) is 22.5 Å². The lowest BCUT2D eigenvalue weighted by atomic mass is 10.2. The summed E-state index contributed by atoms with van der Waals surface area (Å²) in [5.74, 6) is 0.373. The smallest absolute Gasteiger partial charge is 0.196 e. The molecule has 3 rings (SSSR count). The highest BCUT2D eigenvalue weighted by Gasteiger charge is 2.17. The van der Waals surface area contributed by atoms with Crippen molar-refractivity contribution in [2.75, 3.05) is 19.5 Å². The third kappa shape index (κ3) is 4.91. The highest BCUT2D eigenvalue weighted by atomic mass is 35.5. The first-order valence-corrected chi connectivity index (χ1v) is 10.8. The molecule has 0 amide bonds. The van der Waals surface area contributed by atoms with E-state index in [2.05, 4.69) is 14.8 Å². The summed E-state index contributed by atoms with van der Waals surface area (Å²) in [6, 6.07) is 7.76. The van der Waals surface area contributed by atoms with Crippen molar-refractivity contribution in [3.8, 4) is 5.69 Å². The number of aryl methyl sites for hydroxylation is 2. The van der Waals surface area contributed by atoms with Crippen LogP contribution in [0.3, 0.4) is 0 Å². The number of benzene rings is 1. The molecule has 0 spiro atoms. The fraction of sp³-hybridized carbons (Fsp3) is 0.381. The molecule has 29 heavy (non-hydrogen) atoms. The number of Topliss-reactive ketones (excluding diaryl/α,β-unsaturated/α-hetero) is 1. The number of hydrogen-bond acceptors (Lipinski definition) is 5. The standard InChI is InChI=1S/C21H25ClN4O2S/c1-14-6-7-17(11-19(14)22)26-13-23-24-21(26)29-12-20(27)18-10-15(2)25(16(18)3)8-5-9-28-4/h6-7,10-11,13H,5,8-9,12H2,1-4H3. The lowest BCUT2D eigenvalue weighted by Gasteiger charge is -2.09.